The van der Waals surface area contributed by atoms with Crippen molar-refractivity contribution in [1.82, 2.24) is 0 Å². The van der Waals surface area contributed by atoms with Gasteiger partial charge in [-0.1, -0.05) is 0 Å². The first-order chi connectivity index (χ1) is 9.83. The summed E-state index contributed by atoms with van der Waals surface area (Å²) in [5, 5.41) is 2.63. The number of hydrogen-bond acceptors (Lipinski definition) is 3. The molecule has 0 aliphatic carbocycles. The van der Waals surface area contributed by atoms with Crippen LogP contribution < -0.4 is 10.0 Å². The van der Waals surface area contributed by atoms with Gasteiger partial charge in [-0.25, -0.2) is 12.8 Å². The Balaban J connectivity index is 2.06. The van der Waals surface area contributed by atoms with Gasteiger partial charge in [0, 0.05) is 16.9 Å². The Bertz CT molecular complexity index is 741. The molecule has 2 aromatic carbocycles. The first kappa shape index (κ1) is 15.0. The molecule has 0 aliphatic heterocycles. The Morgan fingerprint density at radius 3 is 2.00 bits per heavy atom. The second-order valence-corrected chi connectivity index (χ2v) is 6.16. The lowest BCUT2D eigenvalue weighted by atomic mass is 10.2. The van der Waals surface area contributed by atoms with Gasteiger partial charge in [0.2, 0.25) is 10.0 Å². The molecule has 0 bridgehead atoms. The summed E-state index contributed by atoms with van der Waals surface area (Å²) in [5.41, 5.74) is 1.23. The van der Waals surface area contributed by atoms with Crippen LogP contribution in [0.1, 0.15) is 10.4 Å². The van der Waals surface area contributed by atoms with Gasteiger partial charge in [-0.2, -0.15) is 0 Å². The maximum atomic E-state index is 12.8. The number of sulfonamides is 1. The van der Waals surface area contributed by atoms with E-state index in [4.69, 9.17) is 0 Å². The number of hydrogen-bond donors (Lipinski definition) is 2. The summed E-state index contributed by atoms with van der Waals surface area (Å²) >= 11 is 0. The quantitative estimate of drug-likeness (QED) is 0.911. The molecule has 7 heteroatoms. The molecule has 21 heavy (non-hydrogen) atoms. The van der Waals surface area contributed by atoms with Crippen molar-refractivity contribution >= 4 is 27.3 Å². The van der Waals surface area contributed by atoms with E-state index in [-0.39, 0.29) is 5.91 Å². The third-order valence-corrected chi connectivity index (χ3v) is 3.16. The zero-order chi connectivity index (χ0) is 15.5. The summed E-state index contributed by atoms with van der Waals surface area (Å²) in [6, 6.07) is 11.4. The second-order valence-electron chi connectivity index (χ2n) is 4.41. The zero-order valence-corrected chi connectivity index (χ0v) is 11.9. The minimum absolute atomic E-state index is 0.328. The van der Waals surface area contributed by atoms with Crippen LogP contribution in [0.15, 0.2) is 48.5 Å². The monoisotopic (exact) mass is 308 g/mol. The van der Waals surface area contributed by atoms with E-state index < -0.39 is 15.8 Å². The molecule has 0 aromatic heterocycles. The van der Waals surface area contributed by atoms with Crippen molar-refractivity contribution in [2.75, 3.05) is 16.3 Å². The number of halogens is 1. The average Bonchev–Trinajstić information content (AvgIpc) is 2.40. The topological polar surface area (TPSA) is 75.3 Å². The Hall–Kier alpha value is -2.41. The molecule has 110 valence electrons. The maximum absolute atomic E-state index is 12.8. The van der Waals surface area contributed by atoms with E-state index >= 15 is 0 Å². The van der Waals surface area contributed by atoms with Gasteiger partial charge in [0.1, 0.15) is 5.82 Å². The van der Waals surface area contributed by atoms with Gasteiger partial charge >= 0.3 is 0 Å². The molecule has 0 atom stereocenters. The Morgan fingerprint density at radius 2 is 1.48 bits per heavy atom. The van der Waals surface area contributed by atoms with Gasteiger partial charge in [0.15, 0.2) is 0 Å². The highest BCUT2D eigenvalue weighted by Crippen LogP contribution is 2.15. The summed E-state index contributed by atoms with van der Waals surface area (Å²) in [6.45, 7) is 0. The Morgan fingerprint density at radius 1 is 0.952 bits per heavy atom. The molecule has 1 amide bonds. The molecule has 0 saturated heterocycles. The summed E-state index contributed by atoms with van der Waals surface area (Å²) in [7, 11) is -3.33. The minimum Gasteiger partial charge on any atom is -0.322 e. The van der Waals surface area contributed by atoms with E-state index in [2.05, 4.69) is 10.0 Å². The lowest BCUT2D eigenvalue weighted by molar-refractivity contribution is 0.102. The number of carbonyl (C=O) groups is 1. The van der Waals surface area contributed by atoms with Crippen LogP contribution in [-0.2, 0) is 10.0 Å². The lowest BCUT2D eigenvalue weighted by Gasteiger charge is -2.07. The largest absolute Gasteiger partial charge is 0.322 e. The molecule has 2 N–H and O–H groups in total. The van der Waals surface area contributed by atoms with Gasteiger partial charge in [0.25, 0.3) is 5.91 Å². The third kappa shape index (κ3) is 4.57. The molecular formula is C14H13FN2O3S. The predicted molar refractivity (Wildman–Crippen MR) is 79.3 cm³/mol. The van der Waals surface area contributed by atoms with Crippen LogP contribution in [0.5, 0.6) is 0 Å². The molecule has 2 aromatic rings. The van der Waals surface area contributed by atoms with Gasteiger partial charge in [-0.15, -0.1) is 0 Å². The number of nitrogens with one attached hydrogen (secondary N) is 2. The van der Waals surface area contributed by atoms with E-state index in [1.807, 2.05) is 0 Å². The van der Waals surface area contributed by atoms with Gasteiger partial charge in [0.05, 0.1) is 6.26 Å². The fourth-order valence-corrected chi connectivity index (χ4v) is 2.20. The predicted octanol–water partition coefficient (Wildman–Crippen LogP) is 2.45. The fraction of sp³-hybridized carbons (Fsp3) is 0.0714. The molecule has 5 nitrogen and oxygen atoms in total. The van der Waals surface area contributed by atoms with E-state index in [0.29, 0.717) is 16.9 Å². The standard InChI is InChI=1S/C14H13FN2O3S/c1-21(19,20)17-13-8-6-12(7-9-13)16-14(18)10-2-4-11(15)5-3-10/h2-9,17H,1H3,(H,16,18). The van der Waals surface area contributed by atoms with Gasteiger partial charge in [-0.05, 0) is 48.5 Å². The van der Waals surface area contributed by atoms with Crippen molar-refractivity contribution in [3.8, 4) is 0 Å². The van der Waals surface area contributed by atoms with Crippen LogP contribution in [0, 0.1) is 5.82 Å². The van der Waals surface area contributed by atoms with E-state index in [1.54, 1.807) is 12.1 Å². The molecule has 2 rings (SSSR count). The minimum atomic E-state index is -3.33. The van der Waals surface area contributed by atoms with Crippen molar-refractivity contribution in [2.45, 2.75) is 0 Å². The molecule has 0 fully saturated rings. The highest BCUT2D eigenvalue weighted by Gasteiger charge is 2.07. The summed E-state index contributed by atoms with van der Waals surface area (Å²) in [5.74, 6) is -0.790. The number of anilines is 2. The molecule has 0 radical (unpaired) electrons. The Kier molecular flexibility index (Phi) is 4.23. The van der Waals surface area contributed by atoms with E-state index in [0.717, 1.165) is 6.26 Å². The Labute approximate surface area is 121 Å². The first-order valence-electron chi connectivity index (χ1n) is 5.98. The third-order valence-electron chi connectivity index (χ3n) is 2.55. The van der Waals surface area contributed by atoms with Crippen LogP contribution in [0.4, 0.5) is 15.8 Å². The van der Waals surface area contributed by atoms with Crippen LogP contribution >= 0.6 is 0 Å². The van der Waals surface area contributed by atoms with Crippen molar-refractivity contribution in [1.29, 1.82) is 0 Å². The molecule has 0 heterocycles. The number of carbonyl (C=O) groups excluding carboxylic acids is 1. The maximum Gasteiger partial charge on any atom is 0.255 e. The molecule has 0 aliphatic rings. The van der Waals surface area contributed by atoms with Crippen LogP contribution in [0.25, 0.3) is 0 Å². The summed E-state index contributed by atoms with van der Waals surface area (Å²) in [6.07, 6.45) is 1.05. The van der Waals surface area contributed by atoms with Crippen molar-refractivity contribution in [3.05, 3.63) is 59.9 Å². The summed E-state index contributed by atoms with van der Waals surface area (Å²) < 4.78 is 37.2. The molecule has 0 spiro atoms. The number of amides is 1. The number of rotatable bonds is 4. The highest BCUT2D eigenvalue weighted by atomic mass is 32.2. The summed E-state index contributed by atoms with van der Waals surface area (Å²) in [4.78, 5) is 11.9. The second kappa shape index (κ2) is 5.92. The van der Waals surface area contributed by atoms with Crippen molar-refractivity contribution < 1.29 is 17.6 Å². The highest BCUT2D eigenvalue weighted by molar-refractivity contribution is 7.92. The van der Waals surface area contributed by atoms with Crippen LogP contribution in [0.3, 0.4) is 0 Å². The first-order valence-corrected chi connectivity index (χ1v) is 7.87. The average molecular weight is 308 g/mol. The smallest absolute Gasteiger partial charge is 0.255 e. The lowest BCUT2D eigenvalue weighted by Crippen LogP contribution is -2.12. The molecule has 0 saturated carbocycles. The normalized spacial score (nSPS) is 11.0. The zero-order valence-electron chi connectivity index (χ0n) is 11.1. The SMILES string of the molecule is CS(=O)(=O)Nc1ccc(NC(=O)c2ccc(F)cc2)cc1. The van der Waals surface area contributed by atoms with E-state index in [9.17, 15) is 17.6 Å². The van der Waals surface area contributed by atoms with Crippen molar-refractivity contribution in [2.24, 2.45) is 0 Å². The van der Waals surface area contributed by atoms with Gasteiger partial charge in [-0.3, -0.25) is 9.52 Å². The van der Waals surface area contributed by atoms with Crippen LogP contribution in [-0.4, -0.2) is 20.6 Å². The number of benzene rings is 2. The van der Waals surface area contributed by atoms with E-state index in [1.165, 1.54) is 36.4 Å². The van der Waals surface area contributed by atoms with Crippen molar-refractivity contribution in [3.63, 3.8) is 0 Å². The van der Waals surface area contributed by atoms with Gasteiger partial charge < -0.3 is 5.32 Å². The molecule has 0 unspecified atom stereocenters. The fourth-order valence-electron chi connectivity index (χ4n) is 1.64. The molecular weight excluding hydrogens is 295 g/mol. The van der Waals surface area contributed by atoms with Crippen LogP contribution in [0.2, 0.25) is 0 Å².